The first kappa shape index (κ1) is 101. The first-order valence-corrected chi connectivity index (χ1v) is 54.9. The van der Waals surface area contributed by atoms with Crippen molar-refractivity contribution in [1.82, 2.24) is 0 Å². The van der Waals surface area contributed by atoms with Crippen LogP contribution in [0.4, 0.5) is 56.9 Å². The highest BCUT2D eigenvalue weighted by molar-refractivity contribution is 9.11. The number of fused-ring (bicyclic) bond motifs is 3. The number of rotatable bonds is 20. The summed E-state index contributed by atoms with van der Waals surface area (Å²) >= 11 is 13.5. The molecule has 0 amide bonds. The van der Waals surface area contributed by atoms with Gasteiger partial charge in [-0.2, -0.15) is 0 Å². The zero-order chi connectivity index (χ0) is 100. The van der Waals surface area contributed by atoms with Gasteiger partial charge in [-0.05, 0) is 368 Å². The summed E-state index contributed by atoms with van der Waals surface area (Å²) in [5.41, 5.74) is 51.4. The summed E-state index contributed by atoms with van der Waals surface area (Å²) in [4.78, 5) is 7.13. The first-order chi connectivity index (χ1) is 71.2. The van der Waals surface area contributed by atoms with Crippen LogP contribution in [0.1, 0.15) is 158 Å². The van der Waals surface area contributed by atoms with Gasteiger partial charge >= 0.3 is 0 Å². The number of benzene rings is 18. The van der Waals surface area contributed by atoms with Gasteiger partial charge in [0.05, 0.1) is 0 Å². The number of nitrogens with two attached hydrogens (primary N) is 1. The van der Waals surface area contributed by atoms with Crippen molar-refractivity contribution in [1.29, 1.82) is 0 Å². The van der Waals surface area contributed by atoms with Crippen LogP contribution in [0.3, 0.4) is 0 Å². The SMILES string of the molecule is Brc1ccc(-c2ccc(Br)cc2)cc1.Brc1ccc(Br)cc1.C.CC1=CC2c3c(-c4ccccc4)ccc(-c4ccc(N(c5ccccc5)c5ccc(-c6ccc(N(c7ccc(-c8ccc(-c9ccccc9)c9c8C8CC(C(C)C)C9C=C8C)cc7)c7ccc(N(c8ccccc8)c8ccccc8)cc7)cc6)cc5)cc4)c3C1CC2C(C)C.CC1=CC2c3c(-c4ccccc4)ccc(-c4ccc(N)cc4)c3C1CC2C(C)C. The Hall–Kier alpha value is -13.7. The summed E-state index contributed by atoms with van der Waals surface area (Å²) in [6, 6.07) is 159. The molecule has 9 unspecified atom stereocenters. The molecule has 0 saturated carbocycles. The fraction of sp³-hybridized carbons (Fsp3) is 0.180. The summed E-state index contributed by atoms with van der Waals surface area (Å²) in [7, 11) is 0. The van der Waals surface area contributed by atoms with Gasteiger partial charge in [-0.25, -0.2) is 0 Å². The molecule has 0 radical (unpaired) electrons. The normalized spacial score (nSPS) is 17.7. The van der Waals surface area contributed by atoms with Crippen LogP contribution in [0.15, 0.2) is 490 Å². The van der Waals surface area contributed by atoms with E-state index in [0.717, 1.165) is 85.9 Å². The van der Waals surface area contributed by atoms with Crippen LogP contribution in [-0.4, -0.2) is 0 Å². The predicted molar refractivity (Wildman–Crippen MR) is 642 cm³/mol. The lowest BCUT2D eigenvalue weighted by molar-refractivity contribution is 0.281. The molecular weight excluding hydrogens is 2050 g/mol. The number of para-hydroxylation sites is 3. The molecule has 0 spiro atoms. The largest absolute Gasteiger partial charge is 0.399 e. The second kappa shape index (κ2) is 44.5. The lowest BCUT2D eigenvalue weighted by Gasteiger charge is -2.46. The van der Waals surface area contributed by atoms with Gasteiger partial charge in [-0.15, -0.1) is 0 Å². The highest BCUT2D eigenvalue weighted by Crippen LogP contribution is 2.63. The molecule has 730 valence electrons. The van der Waals surface area contributed by atoms with Gasteiger partial charge in [0, 0.05) is 110 Å². The minimum atomic E-state index is 0. The van der Waals surface area contributed by atoms with Gasteiger partial charge < -0.3 is 20.4 Å². The lowest BCUT2D eigenvalue weighted by Crippen LogP contribution is -2.32. The smallest absolute Gasteiger partial charge is 0.0463 e. The van der Waals surface area contributed by atoms with E-state index in [4.69, 9.17) is 5.73 Å². The first-order valence-electron chi connectivity index (χ1n) is 51.8. The monoisotopic (exact) mass is 2170 g/mol. The molecule has 9 aliphatic carbocycles. The highest BCUT2D eigenvalue weighted by atomic mass is 79.9. The molecule has 9 aliphatic rings. The summed E-state index contributed by atoms with van der Waals surface area (Å²) in [5.74, 6) is 6.49. The Morgan fingerprint density at radius 2 is 0.374 bits per heavy atom. The van der Waals surface area contributed by atoms with Crippen LogP contribution in [-0.2, 0) is 0 Å². The van der Waals surface area contributed by atoms with Gasteiger partial charge in [0.15, 0.2) is 0 Å². The number of halogens is 4. The average Bonchev–Trinajstić information content (AvgIpc) is 0.722. The fourth-order valence-electron chi connectivity index (χ4n) is 24.2. The van der Waals surface area contributed by atoms with E-state index in [2.05, 4.69) is 559 Å². The maximum atomic E-state index is 5.97. The number of hydrogen-bond donors (Lipinski definition) is 1. The van der Waals surface area contributed by atoms with E-state index < -0.39 is 0 Å². The Morgan fingerprint density at radius 3 is 0.599 bits per heavy atom. The van der Waals surface area contributed by atoms with Gasteiger partial charge in [0.1, 0.15) is 0 Å². The van der Waals surface area contributed by atoms with Gasteiger partial charge in [0.25, 0.3) is 0 Å². The molecular formula is C139H126Br4N4. The average molecular weight is 2170 g/mol. The van der Waals surface area contributed by atoms with Crippen molar-refractivity contribution >= 4 is 121 Å². The van der Waals surface area contributed by atoms with Crippen LogP contribution in [0.25, 0.3) is 89.0 Å². The summed E-state index contributed by atoms with van der Waals surface area (Å²) < 4.78 is 4.44. The van der Waals surface area contributed by atoms with Crippen LogP contribution in [0, 0.1) is 35.5 Å². The van der Waals surface area contributed by atoms with Crippen molar-refractivity contribution in [3.63, 3.8) is 0 Å². The zero-order valence-electron chi connectivity index (χ0n) is 84.3. The highest BCUT2D eigenvalue weighted by Gasteiger charge is 2.47. The van der Waals surface area contributed by atoms with Crippen molar-refractivity contribution in [3.8, 4) is 89.0 Å². The summed E-state index contributed by atoms with van der Waals surface area (Å²) in [5, 5.41) is 0. The van der Waals surface area contributed by atoms with Crippen molar-refractivity contribution in [2.75, 3.05) is 20.4 Å². The second-order valence-corrected chi connectivity index (χ2v) is 44.9. The third kappa shape index (κ3) is 21.0. The third-order valence-electron chi connectivity index (χ3n) is 31.5. The number of hydrogen-bond acceptors (Lipinski definition) is 4. The molecule has 18 aromatic rings. The van der Waals surface area contributed by atoms with Crippen LogP contribution in [0.5, 0.6) is 0 Å². The van der Waals surface area contributed by atoms with Gasteiger partial charge in [0.2, 0.25) is 0 Å². The van der Waals surface area contributed by atoms with Gasteiger partial charge in [-0.3, -0.25) is 0 Å². The Morgan fingerprint density at radius 1 is 0.204 bits per heavy atom. The molecule has 0 fully saturated rings. The molecule has 6 bridgehead atoms. The van der Waals surface area contributed by atoms with E-state index in [9.17, 15) is 0 Å². The Kier molecular flexibility index (Phi) is 30.5. The molecule has 0 saturated heterocycles. The second-order valence-electron chi connectivity index (χ2n) is 41.2. The molecule has 0 aliphatic heterocycles. The van der Waals surface area contributed by atoms with E-state index in [1.165, 1.54) is 125 Å². The van der Waals surface area contributed by atoms with Crippen molar-refractivity contribution in [2.45, 2.75) is 125 Å². The predicted octanol–water partition coefficient (Wildman–Crippen LogP) is 42.2. The van der Waals surface area contributed by atoms with Crippen molar-refractivity contribution in [2.24, 2.45) is 35.5 Å². The van der Waals surface area contributed by atoms with Gasteiger partial charge in [-0.1, -0.05) is 415 Å². The zero-order valence-corrected chi connectivity index (χ0v) is 90.6. The van der Waals surface area contributed by atoms with E-state index >= 15 is 0 Å². The van der Waals surface area contributed by atoms with Crippen molar-refractivity contribution in [3.05, 3.63) is 523 Å². The minimum Gasteiger partial charge on any atom is -0.399 e. The quantitative estimate of drug-likeness (QED) is 0.0609. The Bertz CT molecular complexity index is 7600. The standard InChI is InChI=1S/C92H81N3.C28H29N.C12H8Br2.C6H4Br2.CH4/c1-60(2)83-58-85-62(5)56-87(83)91-79(66-22-12-7-13-23-66)52-54-81(89(85)91)68-36-44-75(45-37-68)94(72-30-20-11-21-31-72)73-40-32-64(33-41-73)65-34-42-74(43-35-65)95(78-50-48-77(49-51-78)93(70-26-16-9-17-27-70)71-28-18-10-19-29-71)76-46-38-69(39-47-76)82-55-53-80(67-24-14-8-15-25-67)92-88-57-63(6)86(90(82)92)59-84(88)61(3)4;1-17(2)24-16-25-18(3)15-26(24)28-22(19-7-5-4-6-8-19)13-14-23(27(25)28)20-9-11-21(29)12-10-20;13-11-5-1-9(2-6-11)10-3-7-12(14)8-4-10;7-5-1-2-6(8)4-3-5;/h7-57,60-61,83-88H,58-59H2,1-6H3;4-15,17,24-26H,16,29H2,1-3H3;1-8H;1-4H;1H4. The lowest BCUT2D eigenvalue weighted by atomic mass is 9.58. The maximum Gasteiger partial charge on any atom is 0.0463 e. The van der Waals surface area contributed by atoms with Crippen LogP contribution in [0.2, 0.25) is 0 Å². The van der Waals surface area contributed by atoms with E-state index in [0.29, 0.717) is 71.0 Å². The Labute approximate surface area is 905 Å². The molecule has 8 heteroatoms. The molecule has 27 rings (SSSR count). The van der Waals surface area contributed by atoms with Crippen LogP contribution < -0.4 is 20.4 Å². The molecule has 0 aromatic heterocycles. The topological polar surface area (TPSA) is 35.7 Å². The summed E-state index contributed by atoms with van der Waals surface area (Å²) in [6.45, 7) is 21.5. The number of nitrogens with zero attached hydrogens (tertiary/aromatic N) is 3. The van der Waals surface area contributed by atoms with E-state index in [1.54, 1.807) is 22.3 Å². The molecule has 0 heterocycles. The molecule has 9 atom stereocenters. The van der Waals surface area contributed by atoms with Crippen LogP contribution >= 0.6 is 63.7 Å². The molecule has 2 N–H and O–H groups in total. The maximum absolute atomic E-state index is 5.97. The van der Waals surface area contributed by atoms with Crippen molar-refractivity contribution < 1.29 is 0 Å². The fourth-order valence-corrected chi connectivity index (χ4v) is 25.3. The minimum absolute atomic E-state index is 0. The molecule has 4 nitrogen and oxygen atoms in total. The number of nitrogen functional groups attached to an aromatic ring is 1. The number of anilines is 10. The molecule has 147 heavy (non-hydrogen) atoms. The third-order valence-corrected chi connectivity index (χ3v) is 33.6. The Balaban J connectivity index is 0.000000203. The summed E-state index contributed by atoms with van der Waals surface area (Å²) in [6.07, 6.45) is 11.5. The van der Waals surface area contributed by atoms with E-state index in [-0.39, 0.29) is 7.43 Å². The number of allylic oxidation sites excluding steroid dienone is 6. The molecule has 18 aromatic carbocycles. The van der Waals surface area contributed by atoms with E-state index in [1.807, 2.05) is 36.4 Å².